The lowest BCUT2D eigenvalue weighted by Crippen LogP contribution is -2.37. The van der Waals surface area contributed by atoms with Gasteiger partial charge in [-0.1, -0.05) is 0 Å². The van der Waals surface area contributed by atoms with Gasteiger partial charge in [0.15, 0.2) is 0 Å². The number of carbonyl (C=O) groups excluding carboxylic acids is 2. The van der Waals surface area contributed by atoms with Gasteiger partial charge in [-0.25, -0.2) is 0 Å². The minimum Gasteiger partial charge on any atom is -0.392 e. The molecule has 0 saturated carbocycles. The van der Waals surface area contributed by atoms with Gasteiger partial charge in [0, 0.05) is 39.0 Å². The third kappa shape index (κ3) is 2.35. The minimum absolute atomic E-state index is 0.0558. The molecule has 2 aliphatic rings. The number of hydrogen-bond acceptors (Lipinski definition) is 4. The zero-order valence-corrected chi connectivity index (χ0v) is 8.69. The van der Waals surface area contributed by atoms with Crippen LogP contribution in [0.4, 0.5) is 0 Å². The first-order valence-electron chi connectivity index (χ1n) is 5.40. The zero-order chi connectivity index (χ0) is 10.8. The second-order valence-corrected chi connectivity index (χ2v) is 4.18. The van der Waals surface area contributed by atoms with Crippen LogP contribution in [0.5, 0.6) is 0 Å². The summed E-state index contributed by atoms with van der Waals surface area (Å²) in [5.41, 5.74) is 0. The average Bonchev–Trinajstić information content (AvgIpc) is 2.73. The van der Waals surface area contributed by atoms with E-state index in [1.165, 1.54) is 4.90 Å². The highest BCUT2D eigenvalue weighted by molar-refractivity contribution is 6.01. The lowest BCUT2D eigenvalue weighted by atomic mass is 10.3. The maximum atomic E-state index is 11.3. The van der Waals surface area contributed by atoms with E-state index in [-0.39, 0.29) is 17.9 Å². The Labute approximate surface area is 88.6 Å². The first-order chi connectivity index (χ1) is 7.16. The molecule has 5 nitrogen and oxygen atoms in total. The number of imide groups is 1. The Morgan fingerprint density at radius 2 is 1.87 bits per heavy atom. The van der Waals surface area contributed by atoms with Crippen LogP contribution in [-0.4, -0.2) is 59.0 Å². The number of carbonyl (C=O) groups is 2. The van der Waals surface area contributed by atoms with E-state index >= 15 is 0 Å². The van der Waals surface area contributed by atoms with Crippen LogP contribution in [0.3, 0.4) is 0 Å². The molecule has 0 bridgehead atoms. The maximum Gasteiger partial charge on any atom is 0.229 e. The highest BCUT2D eigenvalue weighted by atomic mass is 16.3. The first kappa shape index (κ1) is 10.6. The van der Waals surface area contributed by atoms with Gasteiger partial charge in [0.1, 0.15) is 0 Å². The number of aliphatic hydroxyl groups is 1. The van der Waals surface area contributed by atoms with Crippen LogP contribution in [0.25, 0.3) is 0 Å². The van der Waals surface area contributed by atoms with Crippen molar-refractivity contribution in [3.63, 3.8) is 0 Å². The van der Waals surface area contributed by atoms with Gasteiger partial charge in [0.2, 0.25) is 11.8 Å². The Morgan fingerprint density at radius 1 is 1.20 bits per heavy atom. The molecule has 2 fully saturated rings. The number of amides is 2. The summed E-state index contributed by atoms with van der Waals surface area (Å²) in [5.74, 6) is -0.112. The molecule has 84 valence electrons. The van der Waals surface area contributed by atoms with Gasteiger partial charge >= 0.3 is 0 Å². The van der Waals surface area contributed by atoms with Crippen LogP contribution in [0, 0.1) is 0 Å². The predicted molar refractivity (Wildman–Crippen MR) is 53.0 cm³/mol. The number of hydrogen-bond donors (Lipinski definition) is 1. The lowest BCUT2D eigenvalue weighted by molar-refractivity contribution is -0.138. The van der Waals surface area contributed by atoms with Crippen molar-refractivity contribution in [2.24, 2.45) is 0 Å². The standard InChI is InChI=1S/C10H16N2O3/c13-8-3-4-11(7-8)5-6-12-9(14)1-2-10(12)15/h8,13H,1-7H2. The van der Waals surface area contributed by atoms with E-state index in [9.17, 15) is 14.7 Å². The molecule has 2 saturated heterocycles. The molecule has 2 rings (SSSR count). The summed E-state index contributed by atoms with van der Waals surface area (Å²) in [4.78, 5) is 26.0. The van der Waals surface area contributed by atoms with Crippen molar-refractivity contribution in [1.29, 1.82) is 0 Å². The van der Waals surface area contributed by atoms with Gasteiger partial charge in [0.25, 0.3) is 0 Å². The van der Waals surface area contributed by atoms with Gasteiger partial charge in [0.05, 0.1) is 6.10 Å². The Kier molecular flexibility index (Phi) is 3.02. The van der Waals surface area contributed by atoms with Crippen molar-refractivity contribution in [3.05, 3.63) is 0 Å². The van der Waals surface area contributed by atoms with Gasteiger partial charge in [-0.05, 0) is 6.42 Å². The molecule has 0 radical (unpaired) electrons. The molecule has 0 spiro atoms. The Bertz CT molecular complexity index is 264. The molecular weight excluding hydrogens is 196 g/mol. The fourth-order valence-corrected chi connectivity index (χ4v) is 2.13. The van der Waals surface area contributed by atoms with Crippen molar-refractivity contribution < 1.29 is 14.7 Å². The first-order valence-corrected chi connectivity index (χ1v) is 5.40. The molecule has 5 heteroatoms. The highest BCUT2D eigenvalue weighted by Crippen LogP contribution is 2.13. The van der Waals surface area contributed by atoms with E-state index in [1.807, 2.05) is 0 Å². The van der Waals surface area contributed by atoms with Crippen LogP contribution < -0.4 is 0 Å². The molecule has 1 unspecified atom stereocenters. The van der Waals surface area contributed by atoms with Crippen LogP contribution in [0.15, 0.2) is 0 Å². The highest BCUT2D eigenvalue weighted by Gasteiger charge is 2.29. The van der Waals surface area contributed by atoms with Crippen molar-refractivity contribution in [3.8, 4) is 0 Å². The zero-order valence-electron chi connectivity index (χ0n) is 8.69. The van der Waals surface area contributed by atoms with E-state index < -0.39 is 0 Å². The third-order valence-electron chi connectivity index (χ3n) is 3.04. The summed E-state index contributed by atoms with van der Waals surface area (Å²) in [5, 5.41) is 9.31. The largest absolute Gasteiger partial charge is 0.392 e. The molecule has 2 aliphatic heterocycles. The molecule has 2 amide bonds. The SMILES string of the molecule is O=C1CCC(=O)N1CCN1CCC(O)C1. The summed E-state index contributed by atoms with van der Waals surface area (Å²) in [6, 6.07) is 0. The molecular formula is C10H16N2O3. The van der Waals surface area contributed by atoms with E-state index in [0.29, 0.717) is 32.5 Å². The Balaban J connectivity index is 1.78. The van der Waals surface area contributed by atoms with Gasteiger partial charge in [-0.2, -0.15) is 0 Å². The lowest BCUT2D eigenvalue weighted by Gasteiger charge is -2.19. The van der Waals surface area contributed by atoms with E-state index in [1.54, 1.807) is 0 Å². The second-order valence-electron chi connectivity index (χ2n) is 4.18. The summed E-state index contributed by atoms with van der Waals surface area (Å²) < 4.78 is 0. The topological polar surface area (TPSA) is 60.9 Å². The van der Waals surface area contributed by atoms with Crippen LogP contribution in [0.1, 0.15) is 19.3 Å². The predicted octanol–water partition coefficient (Wildman–Crippen LogP) is -0.798. The maximum absolute atomic E-state index is 11.3. The second kappa shape index (κ2) is 4.28. The molecule has 0 aromatic carbocycles. The van der Waals surface area contributed by atoms with Gasteiger partial charge in [-0.3, -0.25) is 19.4 Å². The molecule has 1 atom stereocenters. The number of rotatable bonds is 3. The van der Waals surface area contributed by atoms with Crippen LogP contribution >= 0.6 is 0 Å². The number of nitrogens with zero attached hydrogens (tertiary/aromatic N) is 2. The summed E-state index contributed by atoms with van der Waals surface area (Å²) in [6.45, 7) is 2.69. The third-order valence-corrected chi connectivity index (χ3v) is 3.04. The molecule has 15 heavy (non-hydrogen) atoms. The van der Waals surface area contributed by atoms with Crippen molar-refractivity contribution in [2.75, 3.05) is 26.2 Å². The van der Waals surface area contributed by atoms with E-state index in [4.69, 9.17) is 0 Å². The number of aliphatic hydroxyl groups excluding tert-OH is 1. The van der Waals surface area contributed by atoms with Crippen molar-refractivity contribution in [2.45, 2.75) is 25.4 Å². The van der Waals surface area contributed by atoms with Crippen molar-refractivity contribution >= 4 is 11.8 Å². The molecule has 0 aromatic rings. The summed E-state index contributed by atoms with van der Waals surface area (Å²) in [6.07, 6.45) is 1.28. The summed E-state index contributed by atoms with van der Waals surface area (Å²) in [7, 11) is 0. The average molecular weight is 212 g/mol. The van der Waals surface area contributed by atoms with Crippen LogP contribution in [-0.2, 0) is 9.59 Å². The molecule has 2 heterocycles. The van der Waals surface area contributed by atoms with Crippen LogP contribution in [0.2, 0.25) is 0 Å². The quantitative estimate of drug-likeness (QED) is 0.622. The van der Waals surface area contributed by atoms with Gasteiger partial charge in [-0.15, -0.1) is 0 Å². The molecule has 0 aromatic heterocycles. The smallest absolute Gasteiger partial charge is 0.229 e. The molecule has 0 aliphatic carbocycles. The monoisotopic (exact) mass is 212 g/mol. The van der Waals surface area contributed by atoms with Gasteiger partial charge < -0.3 is 5.11 Å². The van der Waals surface area contributed by atoms with E-state index in [2.05, 4.69) is 4.90 Å². The van der Waals surface area contributed by atoms with Crippen molar-refractivity contribution in [1.82, 2.24) is 9.80 Å². The number of β-amino-alcohol motifs (C(OH)–C–C–N with tert-alkyl or cyclic N) is 1. The minimum atomic E-state index is -0.241. The van der Waals surface area contributed by atoms with E-state index in [0.717, 1.165) is 13.0 Å². The fraction of sp³-hybridized carbons (Fsp3) is 0.800. The normalized spacial score (nSPS) is 28.1. The number of likely N-dealkylation sites (tertiary alicyclic amines) is 2. The molecule has 1 N–H and O–H groups in total. The fourth-order valence-electron chi connectivity index (χ4n) is 2.13. The Morgan fingerprint density at radius 3 is 2.40 bits per heavy atom. The Hall–Kier alpha value is -0.940. The summed E-state index contributed by atoms with van der Waals surface area (Å²) >= 11 is 0.